The molecule has 0 aromatic heterocycles. The van der Waals surface area contributed by atoms with E-state index < -0.39 is 0 Å². The third kappa shape index (κ3) is 7.35. The number of carbonyl (C=O) groups excluding carboxylic acids is 1. The van der Waals surface area contributed by atoms with Gasteiger partial charge in [-0.3, -0.25) is 9.69 Å². The zero-order chi connectivity index (χ0) is 17.5. The lowest BCUT2D eigenvalue weighted by Gasteiger charge is -2.32. The highest BCUT2D eigenvalue weighted by atomic mass is 35.5. The maximum Gasteiger partial charge on any atom is 0.234 e. The van der Waals surface area contributed by atoms with Crippen molar-refractivity contribution in [1.82, 2.24) is 15.5 Å². The van der Waals surface area contributed by atoms with Gasteiger partial charge in [0.2, 0.25) is 5.91 Å². The van der Waals surface area contributed by atoms with Crippen LogP contribution in [0.1, 0.15) is 50.8 Å². The summed E-state index contributed by atoms with van der Waals surface area (Å²) in [5, 5.41) is 6.45. The molecule has 1 amide bonds. The Morgan fingerprint density at radius 3 is 2.52 bits per heavy atom. The zero-order valence-corrected chi connectivity index (χ0v) is 16.9. The maximum atomic E-state index is 12.3. The molecule has 2 N–H and O–H groups in total. The molecule has 1 fully saturated rings. The first kappa shape index (κ1) is 21.9. The molecule has 5 heteroatoms. The minimum atomic E-state index is 0. The van der Waals surface area contributed by atoms with Crippen molar-refractivity contribution in [3.05, 3.63) is 35.4 Å². The second-order valence-electron chi connectivity index (χ2n) is 7.49. The average Bonchev–Trinajstić information content (AvgIpc) is 2.55. The summed E-state index contributed by atoms with van der Waals surface area (Å²) in [5.41, 5.74) is 2.53. The number of hydrogen-bond acceptors (Lipinski definition) is 3. The molecule has 0 bridgehead atoms. The standard InChI is InChI=1S/C20H33N3O.ClH/c1-15(2)12-17-7-9-18(10-8-17)16(3)22-20(24)14-23-11-5-6-19(13-23)21-4;/h7-10,15-16,19,21H,5-6,11-14H2,1-4H3,(H,22,24);1H. The topological polar surface area (TPSA) is 44.4 Å². The van der Waals surface area contributed by atoms with Gasteiger partial charge in [-0.1, -0.05) is 38.1 Å². The fraction of sp³-hybridized carbons (Fsp3) is 0.650. The number of nitrogens with one attached hydrogen (secondary N) is 2. The van der Waals surface area contributed by atoms with Gasteiger partial charge in [0.1, 0.15) is 0 Å². The number of likely N-dealkylation sites (N-methyl/N-ethyl adjacent to an activating group) is 1. The van der Waals surface area contributed by atoms with Crippen LogP contribution in [-0.4, -0.2) is 43.5 Å². The van der Waals surface area contributed by atoms with Gasteiger partial charge >= 0.3 is 0 Å². The lowest BCUT2D eigenvalue weighted by Crippen LogP contribution is -2.48. The predicted octanol–water partition coefficient (Wildman–Crippen LogP) is 3.17. The van der Waals surface area contributed by atoms with Gasteiger partial charge < -0.3 is 10.6 Å². The lowest BCUT2D eigenvalue weighted by atomic mass is 10.00. The van der Waals surface area contributed by atoms with Crippen molar-refractivity contribution in [3.8, 4) is 0 Å². The molecule has 1 heterocycles. The number of amides is 1. The smallest absolute Gasteiger partial charge is 0.234 e. The van der Waals surface area contributed by atoms with E-state index in [9.17, 15) is 4.79 Å². The van der Waals surface area contributed by atoms with Crippen LogP contribution in [0.2, 0.25) is 0 Å². The molecule has 0 saturated carbocycles. The Morgan fingerprint density at radius 1 is 1.24 bits per heavy atom. The van der Waals surface area contributed by atoms with Gasteiger partial charge in [-0.2, -0.15) is 0 Å². The van der Waals surface area contributed by atoms with Crippen LogP contribution in [0.25, 0.3) is 0 Å². The summed E-state index contributed by atoms with van der Waals surface area (Å²) in [6.07, 6.45) is 3.46. The van der Waals surface area contributed by atoms with E-state index in [0.717, 1.165) is 25.9 Å². The van der Waals surface area contributed by atoms with Gasteiger partial charge in [-0.25, -0.2) is 0 Å². The summed E-state index contributed by atoms with van der Waals surface area (Å²) in [7, 11) is 2.00. The molecule has 2 atom stereocenters. The normalized spacial score (nSPS) is 19.3. The van der Waals surface area contributed by atoms with E-state index in [-0.39, 0.29) is 24.4 Å². The van der Waals surface area contributed by atoms with Crippen LogP contribution in [0.15, 0.2) is 24.3 Å². The van der Waals surface area contributed by atoms with Gasteiger partial charge in [0.25, 0.3) is 0 Å². The molecule has 1 saturated heterocycles. The van der Waals surface area contributed by atoms with Gasteiger partial charge in [0.05, 0.1) is 12.6 Å². The Hall–Kier alpha value is -1.10. The summed E-state index contributed by atoms with van der Waals surface area (Å²) < 4.78 is 0. The lowest BCUT2D eigenvalue weighted by molar-refractivity contribution is -0.123. The molecule has 1 aromatic carbocycles. The molecule has 0 aliphatic carbocycles. The number of benzene rings is 1. The first-order chi connectivity index (χ1) is 11.5. The average molecular weight is 368 g/mol. The largest absolute Gasteiger partial charge is 0.348 e. The number of piperidine rings is 1. The van der Waals surface area contributed by atoms with Crippen molar-refractivity contribution in [1.29, 1.82) is 0 Å². The summed E-state index contributed by atoms with van der Waals surface area (Å²) in [6.45, 7) is 8.99. The van der Waals surface area contributed by atoms with Crippen molar-refractivity contribution in [2.75, 3.05) is 26.7 Å². The fourth-order valence-corrected chi connectivity index (χ4v) is 3.42. The number of rotatable bonds is 7. The van der Waals surface area contributed by atoms with Gasteiger partial charge in [-0.05, 0) is 56.8 Å². The van der Waals surface area contributed by atoms with Crippen molar-refractivity contribution < 1.29 is 4.79 Å². The van der Waals surface area contributed by atoms with Gasteiger partial charge in [0.15, 0.2) is 0 Å². The quantitative estimate of drug-likeness (QED) is 0.778. The van der Waals surface area contributed by atoms with Crippen LogP contribution in [-0.2, 0) is 11.2 Å². The minimum Gasteiger partial charge on any atom is -0.348 e. The van der Waals surface area contributed by atoms with E-state index >= 15 is 0 Å². The van der Waals surface area contributed by atoms with E-state index in [1.54, 1.807) is 0 Å². The monoisotopic (exact) mass is 367 g/mol. The molecule has 2 unspecified atom stereocenters. The van der Waals surface area contributed by atoms with E-state index in [1.807, 2.05) is 7.05 Å². The highest BCUT2D eigenvalue weighted by Gasteiger charge is 2.21. The van der Waals surface area contributed by atoms with Crippen molar-refractivity contribution in [3.63, 3.8) is 0 Å². The molecule has 4 nitrogen and oxygen atoms in total. The molecular formula is C20H34ClN3O. The highest BCUT2D eigenvalue weighted by molar-refractivity contribution is 5.85. The SMILES string of the molecule is CNC1CCCN(CC(=O)NC(C)c2ccc(CC(C)C)cc2)C1.Cl. The van der Waals surface area contributed by atoms with Gasteiger partial charge in [-0.15, -0.1) is 12.4 Å². The molecule has 2 rings (SSSR count). The van der Waals surface area contributed by atoms with Crippen molar-refractivity contribution >= 4 is 18.3 Å². The number of hydrogen-bond donors (Lipinski definition) is 2. The van der Waals surface area contributed by atoms with Crippen molar-refractivity contribution in [2.24, 2.45) is 5.92 Å². The first-order valence-electron chi connectivity index (χ1n) is 9.25. The van der Waals surface area contributed by atoms with Crippen LogP contribution >= 0.6 is 12.4 Å². The minimum absolute atomic E-state index is 0. The number of likely N-dealkylation sites (tertiary alicyclic amines) is 1. The second kappa shape index (κ2) is 10.8. The van der Waals surface area contributed by atoms with Crippen molar-refractivity contribution in [2.45, 2.75) is 52.1 Å². The highest BCUT2D eigenvalue weighted by Crippen LogP contribution is 2.16. The summed E-state index contributed by atoms with van der Waals surface area (Å²) in [5.74, 6) is 0.782. The molecule has 0 spiro atoms. The number of carbonyl (C=O) groups is 1. The zero-order valence-electron chi connectivity index (χ0n) is 16.0. The fourth-order valence-electron chi connectivity index (χ4n) is 3.42. The Bertz CT molecular complexity index is 518. The molecule has 1 aliphatic heterocycles. The Labute approximate surface area is 159 Å². The number of nitrogens with zero attached hydrogens (tertiary/aromatic N) is 1. The Morgan fingerprint density at radius 2 is 1.92 bits per heavy atom. The summed E-state index contributed by atoms with van der Waals surface area (Å²) in [6, 6.07) is 9.20. The van der Waals surface area contributed by atoms with Crippen LogP contribution < -0.4 is 10.6 Å². The molecule has 1 aliphatic rings. The van der Waals surface area contributed by atoms with E-state index in [1.165, 1.54) is 17.5 Å². The molecular weight excluding hydrogens is 334 g/mol. The molecule has 25 heavy (non-hydrogen) atoms. The number of halogens is 1. The van der Waals surface area contributed by atoms with E-state index in [0.29, 0.717) is 18.5 Å². The molecule has 1 aromatic rings. The maximum absolute atomic E-state index is 12.3. The summed E-state index contributed by atoms with van der Waals surface area (Å²) >= 11 is 0. The first-order valence-corrected chi connectivity index (χ1v) is 9.25. The Kier molecular flexibility index (Phi) is 9.47. The van der Waals surface area contributed by atoms with Gasteiger partial charge in [0, 0.05) is 12.6 Å². The van der Waals surface area contributed by atoms with E-state index in [4.69, 9.17) is 0 Å². The van der Waals surface area contributed by atoms with Crippen LogP contribution in [0.4, 0.5) is 0 Å². The van der Waals surface area contributed by atoms with Crippen LogP contribution in [0.3, 0.4) is 0 Å². The predicted molar refractivity (Wildman–Crippen MR) is 107 cm³/mol. The Balaban J connectivity index is 0.00000312. The molecule has 142 valence electrons. The molecule has 0 radical (unpaired) electrons. The van der Waals surface area contributed by atoms with Crippen LogP contribution in [0, 0.1) is 5.92 Å². The third-order valence-corrected chi connectivity index (χ3v) is 4.78. The third-order valence-electron chi connectivity index (χ3n) is 4.78. The second-order valence-corrected chi connectivity index (χ2v) is 7.49. The van der Waals surface area contributed by atoms with E-state index in [2.05, 4.69) is 60.6 Å². The van der Waals surface area contributed by atoms with Crippen LogP contribution in [0.5, 0.6) is 0 Å². The summed E-state index contributed by atoms with van der Waals surface area (Å²) in [4.78, 5) is 14.6.